The normalized spacial score (nSPS) is 10.4. The molecule has 0 bridgehead atoms. The summed E-state index contributed by atoms with van der Waals surface area (Å²) in [6.07, 6.45) is 2.95. The first kappa shape index (κ1) is 17.9. The minimum Gasteiger partial charge on any atom is -0.494 e. The van der Waals surface area contributed by atoms with Gasteiger partial charge in [0.2, 0.25) is 0 Å². The number of rotatable bonds is 9. The SMILES string of the molecule is Cc1ccc(OCCCCCOc2ccc(C(=O)O)cc2)cc1C. The largest absolute Gasteiger partial charge is 0.494 e. The Hall–Kier alpha value is -2.49. The zero-order valence-corrected chi connectivity index (χ0v) is 14.2. The molecule has 0 saturated heterocycles. The molecule has 0 fully saturated rings. The Bertz CT molecular complexity index is 662. The molecular weight excluding hydrogens is 304 g/mol. The lowest BCUT2D eigenvalue weighted by molar-refractivity contribution is 0.0697. The minimum absolute atomic E-state index is 0.269. The fourth-order valence-electron chi connectivity index (χ4n) is 2.26. The summed E-state index contributed by atoms with van der Waals surface area (Å²) in [7, 11) is 0. The van der Waals surface area contributed by atoms with Crippen molar-refractivity contribution < 1.29 is 19.4 Å². The van der Waals surface area contributed by atoms with Crippen molar-refractivity contribution in [3.8, 4) is 11.5 Å². The van der Waals surface area contributed by atoms with Gasteiger partial charge in [0.1, 0.15) is 11.5 Å². The molecular formula is C20H24O4. The minimum atomic E-state index is -0.926. The molecule has 2 aromatic carbocycles. The number of aromatic carboxylic acids is 1. The van der Waals surface area contributed by atoms with Gasteiger partial charge < -0.3 is 14.6 Å². The summed E-state index contributed by atoms with van der Waals surface area (Å²) >= 11 is 0. The van der Waals surface area contributed by atoms with E-state index in [4.69, 9.17) is 14.6 Å². The molecule has 0 aromatic heterocycles. The van der Waals surface area contributed by atoms with E-state index in [0.29, 0.717) is 19.0 Å². The molecule has 0 saturated carbocycles. The van der Waals surface area contributed by atoms with Crippen LogP contribution in [0.25, 0.3) is 0 Å². The van der Waals surface area contributed by atoms with E-state index in [-0.39, 0.29) is 5.56 Å². The Kier molecular flexibility index (Phi) is 6.67. The highest BCUT2D eigenvalue weighted by molar-refractivity contribution is 5.87. The first-order chi connectivity index (χ1) is 11.6. The van der Waals surface area contributed by atoms with Gasteiger partial charge in [-0.3, -0.25) is 0 Å². The van der Waals surface area contributed by atoms with Crippen LogP contribution in [0.5, 0.6) is 11.5 Å². The molecule has 0 unspecified atom stereocenters. The Morgan fingerprint density at radius 3 is 2.00 bits per heavy atom. The monoisotopic (exact) mass is 328 g/mol. The molecule has 4 heteroatoms. The zero-order valence-electron chi connectivity index (χ0n) is 14.2. The van der Waals surface area contributed by atoms with Gasteiger partial charge in [-0.15, -0.1) is 0 Å². The van der Waals surface area contributed by atoms with Gasteiger partial charge in [0, 0.05) is 0 Å². The van der Waals surface area contributed by atoms with Crippen molar-refractivity contribution >= 4 is 5.97 Å². The van der Waals surface area contributed by atoms with Crippen LogP contribution in [0.2, 0.25) is 0 Å². The lowest BCUT2D eigenvalue weighted by Gasteiger charge is -2.09. The number of carboxylic acids is 1. The van der Waals surface area contributed by atoms with Crippen molar-refractivity contribution in [3.63, 3.8) is 0 Å². The first-order valence-corrected chi connectivity index (χ1v) is 8.22. The van der Waals surface area contributed by atoms with E-state index < -0.39 is 5.97 Å². The van der Waals surface area contributed by atoms with Gasteiger partial charge in [0.15, 0.2) is 0 Å². The van der Waals surface area contributed by atoms with Crippen LogP contribution >= 0.6 is 0 Å². The average molecular weight is 328 g/mol. The molecule has 2 aromatic rings. The van der Waals surface area contributed by atoms with Crippen molar-refractivity contribution in [2.75, 3.05) is 13.2 Å². The quantitative estimate of drug-likeness (QED) is 0.682. The number of hydrogen-bond acceptors (Lipinski definition) is 3. The van der Waals surface area contributed by atoms with Gasteiger partial charge in [-0.1, -0.05) is 6.07 Å². The highest BCUT2D eigenvalue weighted by atomic mass is 16.5. The number of carboxylic acid groups (broad SMARTS) is 1. The van der Waals surface area contributed by atoms with Crippen LogP contribution in [0.15, 0.2) is 42.5 Å². The van der Waals surface area contributed by atoms with Crippen LogP contribution in [0.3, 0.4) is 0 Å². The van der Waals surface area contributed by atoms with Gasteiger partial charge in [-0.05, 0) is 80.6 Å². The molecule has 0 heterocycles. The van der Waals surface area contributed by atoms with Crippen LogP contribution in [0.4, 0.5) is 0 Å². The molecule has 0 atom stereocenters. The van der Waals surface area contributed by atoms with E-state index in [1.165, 1.54) is 11.1 Å². The number of aryl methyl sites for hydroxylation is 2. The molecule has 0 spiro atoms. The smallest absolute Gasteiger partial charge is 0.335 e. The number of unbranched alkanes of at least 4 members (excludes halogenated alkanes) is 2. The predicted molar refractivity (Wildman–Crippen MR) is 94.2 cm³/mol. The second kappa shape index (κ2) is 8.96. The van der Waals surface area contributed by atoms with Crippen LogP contribution in [0, 0.1) is 13.8 Å². The summed E-state index contributed by atoms with van der Waals surface area (Å²) in [5, 5.41) is 8.83. The number of benzene rings is 2. The topological polar surface area (TPSA) is 55.8 Å². The third kappa shape index (κ3) is 5.61. The number of carbonyl (C=O) groups is 1. The molecule has 1 N–H and O–H groups in total. The van der Waals surface area contributed by atoms with Crippen LogP contribution < -0.4 is 9.47 Å². The Morgan fingerprint density at radius 2 is 1.42 bits per heavy atom. The van der Waals surface area contributed by atoms with Crippen LogP contribution in [-0.2, 0) is 0 Å². The Balaban J connectivity index is 1.58. The molecule has 0 aliphatic rings. The summed E-state index contributed by atoms with van der Waals surface area (Å²) in [4.78, 5) is 10.8. The maximum absolute atomic E-state index is 10.8. The third-order valence-corrected chi connectivity index (χ3v) is 3.91. The first-order valence-electron chi connectivity index (χ1n) is 8.22. The molecule has 4 nitrogen and oxygen atoms in total. The lowest BCUT2D eigenvalue weighted by atomic mass is 10.1. The van der Waals surface area contributed by atoms with Gasteiger partial charge >= 0.3 is 5.97 Å². The molecule has 0 amide bonds. The van der Waals surface area contributed by atoms with Crippen molar-refractivity contribution in [2.45, 2.75) is 33.1 Å². The van der Waals surface area contributed by atoms with E-state index in [0.717, 1.165) is 25.0 Å². The highest BCUT2D eigenvalue weighted by Crippen LogP contribution is 2.17. The molecule has 0 radical (unpaired) electrons. The van der Waals surface area contributed by atoms with E-state index in [9.17, 15) is 4.79 Å². The van der Waals surface area contributed by atoms with E-state index in [1.807, 2.05) is 6.07 Å². The van der Waals surface area contributed by atoms with Crippen molar-refractivity contribution in [1.29, 1.82) is 0 Å². The average Bonchev–Trinajstić information content (AvgIpc) is 2.57. The van der Waals surface area contributed by atoms with Gasteiger partial charge in [0.05, 0.1) is 18.8 Å². The molecule has 0 aliphatic heterocycles. The van der Waals surface area contributed by atoms with E-state index in [1.54, 1.807) is 24.3 Å². The second-order valence-corrected chi connectivity index (χ2v) is 5.83. The summed E-state index contributed by atoms with van der Waals surface area (Å²) in [6, 6.07) is 12.6. The Labute approximate surface area is 143 Å². The summed E-state index contributed by atoms with van der Waals surface area (Å²) < 4.78 is 11.3. The van der Waals surface area contributed by atoms with Gasteiger partial charge in [-0.2, -0.15) is 0 Å². The van der Waals surface area contributed by atoms with Gasteiger partial charge in [0.25, 0.3) is 0 Å². The molecule has 128 valence electrons. The van der Waals surface area contributed by atoms with Crippen LogP contribution in [-0.4, -0.2) is 24.3 Å². The van der Waals surface area contributed by atoms with Crippen molar-refractivity contribution in [1.82, 2.24) is 0 Å². The highest BCUT2D eigenvalue weighted by Gasteiger charge is 2.02. The van der Waals surface area contributed by atoms with E-state index >= 15 is 0 Å². The fourth-order valence-corrected chi connectivity index (χ4v) is 2.26. The summed E-state index contributed by atoms with van der Waals surface area (Å²) in [5.74, 6) is 0.699. The zero-order chi connectivity index (χ0) is 17.4. The van der Waals surface area contributed by atoms with Crippen molar-refractivity contribution in [3.05, 3.63) is 59.2 Å². The van der Waals surface area contributed by atoms with Gasteiger partial charge in [-0.25, -0.2) is 4.79 Å². The second-order valence-electron chi connectivity index (χ2n) is 5.83. The molecule has 24 heavy (non-hydrogen) atoms. The third-order valence-electron chi connectivity index (χ3n) is 3.91. The Morgan fingerprint density at radius 1 is 0.833 bits per heavy atom. The van der Waals surface area contributed by atoms with Crippen molar-refractivity contribution in [2.24, 2.45) is 0 Å². The maximum atomic E-state index is 10.8. The number of hydrogen-bond donors (Lipinski definition) is 1. The summed E-state index contributed by atoms with van der Waals surface area (Å²) in [6.45, 7) is 5.50. The maximum Gasteiger partial charge on any atom is 0.335 e. The van der Waals surface area contributed by atoms with Crippen LogP contribution in [0.1, 0.15) is 40.7 Å². The lowest BCUT2D eigenvalue weighted by Crippen LogP contribution is -2.01. The molecule has 2 rings (SSSR count). The van der Waals surface area contributed by atoms with E-state index in [2.05, 4.69) is 26.0 Å². The summed E-state index contributed by atoms with van der Waals surface area (Å²) in [5.41, 5.74) is 2.79. The predicted octanol–water partition coefficient (Wildman–Crippen LogP) is 4.63. The molecule has 0 aliphatic carbocycles. The number of ether oxygens (including phenoxy) is 2. The fraction of sp³-hybridized carbons (Fsp3) is 0.350. The standard InChI is InChI=1S/C20H24O4/c1-15-6-9-19(14-16(15)2)24-13-5-3-4-12-23-18-10-7-17(8-11-18)20(21)22/h6-11,14H,3-5,12-13H2,1-2H3,(H,21,22).